The minimum atomic E-state index is -0.0194. The van der Waals surface area contributed by atoms with Crippen molar-refractivity contribution in [1.29, 1.82) is 0 Å². The van der Waals surface area contributed by atoms with E-state index in [0.29, 0.717) is 5.82 Å². The van der Waals surface area contributed by atoms with Crippen molar-refractivity contribution in [2.45, 2.75) is 26.2 Å². The predicted octanol–water partition coefficient (Wildman–Crippen LogP) is 2.22. The Morgan fingerprint density at radius 1 is 1.22 bits per heavy atom. The van der Waals surface area contributed by atoms with E-state index in [1.807, 2.05) is 30.9 Å². The van der Waals surface area contributed by atoms with E-state index in [0.717, 1.165) is 17.3 Å². The second-order valence-corrected chi connectivity index (χ2v) is 5.32. The van der Waals surface area contributed by atoms with Crippen LogP contribution in [-0.4, -0.2) is 26.6 Å². The Balaban J connectivity index is 2.58. The molecule has 96 valence electrons. The van der Waals surface area contributed by atoms with Crippen molar-refractivity contribution < 1.29 is 0 Å². The quantitative estimate of drug-likeness (QED) is 0.881. The van der Waals surface area contributed by atoms with Crippen LogP contribution in [0.15, 0.2) is 18.5 Å². The summed E-state index contributed by atoms with van der Waals surface area (Å²) in [7, 11) is 3.80. The van der Waals surface area contributed by atoms with Gasteiger partial charge in [0.05, 0.1) is 5.69 Å². The van der Waals surface area contributed by atoms with E-state index in [2.05, 4.69) is 41.0 Å². The molecule has 0 unspecified atom stereocenters. The summed E-state index contributed by atoms with van der Waals surface area (Å²) in [6.07, 6.45) is 3.64. The molecule has 2 aromatic rings. The smallest absolute Gasteiger partial charge is 0.198 e. The van der Waals surface area contributed by atoms with E-state index >= 15 is 0 Å². The molecule has 18 heavy (non-hydrogen) atoms. The second kappa shape index (κ2) is 4.40. The molecule has 0 aliphatic rings. The maximum absolute atomic E-state index is 4.62. The van der Waals surface area contributed by atoms with E-state index in [-0.39, 0.29) is 5.41 Å². The number of anilines is 1. The van der Waals surface area contributed by atoms with Crippen LogP contribution < -0.4 is 5.32 Å². The van der Waals surface area contributed by atoms with Gasteiger partial charge in [-0.25, -0.2) is 15.0 Å². The van der Waals surface area contributed by atoms with Crippen molar-refractivity contribution in [3.8, 4) is 11.6 Å². The number of nitrogens with one attached hydrogen (secondary N) is 1. The molecule has 0 atom stereocenters. The molecule has 0 aromatic carbocycles. The van der Waals surface area contributed by atoms with Crippen LogP contribution in [0.2, 0.25) is 0 Å². The first-order valence-electron chi connectivity index (χ1n) is 5.97. The zero-order chi connectivity index (χ0) is 13.3. The minimum Gasteiger partial charge on any atom is -0.373 e. The molecule has 2 rings (SSSR count). The van der Waals surface area contributed by atoms with Gasteiger partial charge in [0.2, 0.25) is 0 Å². The minimum absolute atomic E-state index is 0.0194. The van der Waals surface area contributed by atoms with Gasteiger partial charge in [-0.2, -0.15) is 0 Å². The van der Waals surface area contributed by atoms with Crippen LogP contribution in [0.25, 0.3) is 11.6 Å². The van der Waals surface area contributed by atoms with Gasteiger partial charge in [-0.05, 0) is 0 Å². The average Bonchev–Trinajstić information content (AvgIpc) is 2.73. The van der Waals surface area contributed by atoms with E-state index in [1.54, 1.807) is 6.20 Å². The van der Waals surface area contributed by atoms with Gasteiger partial charge in [-0.3, -0.25) is 0 Å². The molecule has 0 bridgehead atoms. The molecule has 1 N–H and O–H groups in total. The van der Waals surface area contributed by atoms with Crippen LogP contribution in [0.1, 0.15) is 26.5 Å². The molecular formula is C13H19N5. The summed E-state index contributed by atoms with van der Waals surface area (Å²) in [6.45, 7) is 6.41. The lowest BCUT2D eigenvalue weighted by Gasteiger charge is -2.19. The molecule has 0 saturated carbocycles. The Labute approximate surface area is 107 Å². The number of nitrogens with zero attached hydrogens (tertiary/aromatic N) is 4. The van der Waals surface area contributed by atoms with Gasteiger partial charge < -0.3 is 9.88 Å². The van der Waals surface area contributed by atoms with Crippen LogP contribution in [-0.2, 0) is 12.5 Å². The van der Waals surface area contributed by atoms with Crippen molar-refractivity contribution in [2.75, 3.05) is 12.4 Å². The largest absolute Gasteiger partial charge is 0.373 e. The summed E-state index contributed by atoms with van der Waals surface area (Å²) in [5.41, 5.74) is 0.980. The van der Waals surface area contributed by atoms with E-state index in [4.69, 9.17) is 0 Å². The molecule has 0 fully saturated rings. The highest BCUT2D eigenvalue weighted by Gasteiger charge is 2.19. The van der Waals surface area contributed by atoms with Gasteiger partial charge in [0.1, 0.15) is 5.82 Å². The van der Waals surface area contributed by atoms with E-state index in [1.165, 1.54) is 0 Å². The van der Waals surface area contributed by atoms with Crippen LogP contribution in [0.3, 0.4) is 0 Å². The maximum Gasteiger partial charge on any atom is 0.198 e. The number of hydrogen-bond donors (Lipinski definition) is 1. The Bertz CT molecular complexity index is 551. The predicted molar refractivity (Wildman–Crippen MR) is 72.5 cm³/mol. The molecule has 0 aliphatic heterocycles. The summed E-state index contributed by atoms with van der Waals surface area (Å²) < 4.78 is 1.92. The first-order chi connectivity index (χ1) is 8.41. The zero-order valence-electron chi connectivity index (χ0n) is 11.5. The Morgan fingerprint density at radius 3 is 2.44 bits per heavy atom. The Hall–Kier alpha value is -1.91. The van der Waals surface area contributed by atoms with Gasteiger partial charge in [0, 0.05) is 38.0 Å². The average molecular weight is 245 g/mol. The summed E-state index contributed by atoms with van der Waals surface area (Å²) in [4.78, 5) is 13.4. The lowest BCUT2D eigenvalue weighted by atomic mass is 9.92. The van der Waals surface area contributed by atoms with Crippen molar-refractivity contribution in [1.82, 2.24) is 19.5 Å². The monoisotopic (exact) mass is 245 g/mol. The molecule has 5 nitrogen and oxygen atoms in total. The van der Waals surface area contributed by atoms with E-state index < -0.39 is 0 Å². The molecule has 0 radical (unpaired) electrons. The van der Waals surface area contributed by atoms with Gasteiger partial charge in [-0.15, -0.1) is 0 Å². The number of aromatic nitrogens is 4. The number of rotatable bonds is 2. The van der Waals surface area contributed by atoms with Crippen molar-refractivity contribution in [3.63, 3.8) is 0 Å². The molecule has 5 heteroatoms. The van der Waals surface area contributed by atoms with E-state index in [9.17, 15) is 0 Å². The molecule has 0 amide bonds. The second-order valence-electron chi connectivity index (χ2n) is 5.32. The van der Waals surface area contributed by atoms with Gasteiger partial charge in [0.15, 0.2) is 11.6 Å². The highest BCUT2D eigenvalue weighted by Crippen LogP contribution is 2.24. The highest BCUT2D eigenvalue weighted by atomic mass is 15.1. The molecule has 0 spiro atoms. The normalized spacial score (nSPS) is 11.6. The van der Waals surface area contributed by atoms with Crippen LogP contribution >= 0.6 is 0 Å². The lowest BCUT2D eigenvalue weighted by molar-refractivity contribution is 0.567. The number of imidazole rings is 1. The summed E-state index contributed by atoms with van der Waals surface area (Å²) in [6, 6.07) is 1.98. The maximum atomic E-state index is 4.62. The SMILES string of the molecule is CNc1cc(C(C)(C)C)nc(-c2nccn2C)n1. The van der Waals surface area contributed by atoms with Crippen LogP contribution in [0, 0.1) is 0 Å². The summed E-state index contributed by atoms with van der Waals surface area (Å²) in [5.74, 6) is 2.24. The number of hydrogen-bond acceptors (Lipinski definition) is 4. The van der Waals surface area contributed by atoms with Crippen molar-refractivity contribution >= 4 is 5.82 Å². The Morgan fingerprint density at radius 2 is 1.94 bits per heavy atom. The standard InChI is InChI=1S/C13H19N5/c1-13(2,3)9-8-10(14-4)17-11(16-9)12-15-6-7-18(12)5/h6-8H,1-5H3,(H,14,16,17). The van der Waals surface area contributed by atoms with Gasteiger partial charge >= 0.3 is 0 Å². The number of aryl methyl sites for hydroxylation is 1. The van der Waals surface area contributed by atoms with Gasteiger partial charge in [0.25, 0.3) is 0 Å². The molecule has 2 aromatic heterocycles. The summed E-state index contributed by atoms with van der Waals surface area (Å²) in [5, 5.41) is 3.07. The highest BCUT2D eigenvalue weighted by molar-refractivity contribution is 5.50. The van der Waals surface area contributed by atoms with Gasteiger partial charge in [-0.1, -0.05) is 20.8 Å². The fraction of sp³-hybridized carbons (Fsp3) is 0.462. The van der Waals surface area contributed by atoms with Crippen molar-refractivity contribution in [3.05, 3.63) is 24.2 Å². The third-order valence-corrected chi connectivity index (χ3v) is 2.77. The van der Waals surface area contributed by atoms with Crippen molar-refractivity contribution in [2.24, 2.45) is 7.05 Å². The first kappa shape index (κ1) is 12.5. The molecule has 2 heterocycles. The Kier molecular flexibility index (Phi) is 3.07. The summed E-state index contributed by atoms with van der Waals surface area (Å²) >= 11 is 0. The topological polar surface area (TPSA) is 55.6 Å². The molecule has 0 saturated heterocycles. The fourth-order valence-electron chi connectivity index (χ4n) is 1.64. The van der Waals surface area contributed by atoms with Crippen LogP contribution in [0.5, 0.6) is 0 Å². The lowest BCUT2D eigenvalue weighted by Crippen LogP contribution is -2.16. The fourth-order valence-corrected chi connectivity index (χ4v) is 1.64. The third kappa shape index (κ3) is 2.34. The first-order valence-corrected chi connectivity index (χ1v) is 5.97. The molecule has 0 aliphatic carbocycles. The van der Waals surface area contributed by atoms with Crippen LogP contribution in [0.4, 0.5) is 5.82 Å². The zero-order valence-corrected chi connectivity index (χ0v) is 11.5. The molecular weight excluding hydrogens is 226 g/mol. The third-order valence-electron chi connectivity index (χ3n) is 2.77.